The summed E-state index contributed by atoms with van der Waals surface area (Å²) in [5.41, 5.74) is 4.36. The average molecular weight is 173 g/mol. The van der Waals surface area contributed by atoms with Crippen LogP contribution in [0.25, 0.3) is 0 Å². The van der Waals surface area contributed by atoms with Gasteiger partial charge in [0.15, 0.2) is 0 Å². The van der Waals surface area contributed by atoms with Crippen molar-refractivity contribution >= 4 is 5.97 Å². The number of carbonyl (C=O) groups is 1. The van der Waals surface area contributed by atoms with Crippen LogP contribution in [0, 0.1) is 5.41 Å². The summed E-state index contributed by atoms with van der Waals surface area (Å²) in [6, 6.07) is -0.810. The summed E-state index contributed by atoms with van der Waals surface area (Å²) < 4.78 is 13.0. The van der Waals surface area contributed by atoms with E-state index in [9.17, 15) is 9.18 Å². The van der Waals surface area contributed by atoms with E-state index in [0.717, 1.165) is 0 Å². The number of carboxylic acids is 1. The number of nitrogens with two attached hydrogens (primary N) is 1. The van der Waals surface area contributed by atoms with Crippen LogP contribution in [0.1, 0.15) is 25.7 Å². The van der Waals surface area contributed by atoms with Crippen molar-refractivity contribution in [1.82, 2.24) is 0 Å². The molecule has 0 heterocycles. The van der Waals surface area contributed by atoms with Gasteiger partial charge < -0.3 is 10.8 Å². The van der Waals surface area contributed by atoms with Gasteiger partial charge >= 0.3 is 5.97 Å². The van der Waals surface area contributed by atoms with Crippen LogP contribution in [0.3, 0.4) is 0 Å². The third-order valence-corrected chi connectivity index (χ3v) is 3.05. The molecule has 0 aliphatic heterocycles. The highest BCUT2D eigenvalue weighted by Gasteiger charge is 2.69. The Hall–Kier alpha value is -0.640. The minimum absolute atomic E-state index is 0.0491. The van der Waals surface area contributed by atoms with Gasteiger partial charge in [-0.2, -0.15) is 0 Å². The van der Waals surface area contributed by atoms with Crippen molar-refractivity contribution in [2.45, 2.75) is 37.4 Å². The number of hydrogen-bond donors (Lipinski definition) is 2. The van der Waals surface area contributed by atoms with Crippen LogP contribution < -0.4 is 5.73 Å². The largest absolute Gasteiger partial charge is 0.480 e. The van der Waals surface area contributed by atoms with Gasteiger partial charge in [-0.15, -0.1) is 0 Å². The highest BCUT2D eigenvalue weighted by atomic mass is 19.1. The molecule has 3 nitrogen and oxygen atoms in total. The number of alkyl halides is 1. The Morgan fingerprint density at radius 2 is 2.08 bits per heavy atom. The third kappa shape index (κ3) is 0.941. The molecule has 3 N–H and O–H groups in total. The minimum Gasteiger partial charge on any atom is -0.480 e. The molecule has 0 aromatic rings. The molecule has 12 heavy (non-hydrogen) atoms. The average Bonchev–Trinajstić information content (AvgIpc) is 1.81. The van der Waals surface area contributed by atoms with Gasteiger partial charge in [0.05, 0.1) is 0 Å². The van der Waals surface area contributed by atoms with E-state index in [1.165, 1.54) is 0 Å². The summed E-state index contributed by atoms with van der Waals surface area (Å²) in [7, 11) is 0. The van der Waals surface area contributed by atoms with Crippen LogP contribution in [-0.4, -0.2) is 22.8 Å². The topological polar surface area (TPSA) is 63.3 Å². The molecule has 1 atom stereocenters. The maximum atomic E-state index is 13.0. The molecule has 3 aliphatic carbocycles. The molecule has 3 saturated carbocycles. The van der Waals surface area contributed by atoms with Gasteiger partial charge in [-0.1, -0.05) is 0 Å². The summed E-state index contributed by atoms with van der Waals surface area (Å²) in [4.78, 5) is 10.4. The number of halogens is 1. The zero-order valence-corrected chi connectivity index (χ0v) is 6.72. The Morgan fingerprint density at radius 3 is 2.42 bits per heavy atom. The van der Waals surface area contributed by atoms with Crippen LogP contribution in [0.4, 0.5) is 4.39 Å². The van der Waals surface area contributed by atoms with Crippen molar-refractivity contribution in [3.63, 3.8) is 0 Å². The normalized spacial score (nSPS) is 45.8. The molecule has 0 saturated heterocycles. The van der Waals surface area contributed by atoms with Gasteiger partial charge in [-0.3, -0.25) is 4.79 Å². The van der Waals surface area contributed by atoms with Crippen LogP contribution >= 0.6 is 0 Å². The molecule has 0 unspecified atom stereocenters. The summed E-state index contributed by atoms with van der Waals surface area (Å²) in [5, 5.41) is 8.53. The van der Waals surface area contributed by atoms with E-state index in [1.54, 1.807) is 0 Å². The lowest BCUT2D eigenvalue weighted by Gasteiger charge is -2.66. The summed E-state index contributed by atoms with van der Waals surface area (Å²) in [6.45, 7) is 0. The zero-order chi connectivity index (χ0) is 8.98. The molecule has 4 heteroatoms. The van der Waals surface area contributed by atoms with E-state index in [0.29, 0.717) is 25.7 Å². The number of rotatable bonds is 3. The predicted octanol–water partition coefficient (Wildman–Crippen LogP) is 0.681. The predicted molar refractivity (Wildman–Crippen MR) is 40.4 cm³/mol. The Labute approximate surface area is 69.7 Å². The van der Waals surface area contributed by atoms with E-state index < -0.39 is 17.7 Å². The second-order valence-corrected chi connectivity index (χ2v) is 4.33. The SMILES string of the molecule is N[C@@H](CC12CC(F)(C1)C2)C(=O)O. The first kappa shape index (κ1) is 7.98. The standard InChI is InChI=1S/C8H12FNO2/c9-8-2-7(3-8,4-8)1-5(10)6(11)12/h5H,1-4,10H2,(H,11,12)/t5-,7?,8?/m0/s1. The minimum atomic E-state index is -0.979. The monoisotopic (exact) mass is 173 g/mol. The van der Waals surface area contributed by atoms with E-state index >= 15 is 0 Å². The lowest BCUT2D eigenvalue weighted by atomic mass is 9.41. The van der Waals surface area contributed by atoms with Crippen LogP contribution in [0.15, 0.2) is 0 Å². The van der Waals surface area contributed by atoms with Crippen molar-refractivity contribution in [3.05, 3.63) is 0 Å². The first-order valence-corrected chi connectivity index (χ1v) is 4.12. The van der Waals surface area contributed by atoms with Gasteiger partial charge in [-0.05, 0) is 31.1 Å². The van der Waals surface area contributed by atoms with Crippen molar-refractivity contribution in [2.75, 3.05) is 0 Å². The first-order chi connectivity index (χ1) is 5.45. The highest BCUT2D eigenvalue weighted by molar-refractivity contribution is 5.73. The molecule has 0 radical (unpaired) electrons. The molecule has 3 fully saturated rings. The van der Waals surface area contributed by atoms with Gasteiger partial charge in [0.2, 0.25) is 0 Å². The van der Waals surface area contributed by atoms with E-state index in [2.05, 4.69) is 0 Å². The molecule has 0 aromatic heterocycles. The quantitative estimate of drug-likeness (QED) is 0.659. The molecular weight excluding hydrogens is 161 g/mol. The third-order valence-electron chi connectivity index (χ3n) is 3.05. The smallest absolute Gasteiger partial charge is 0.320 e. The second kappa shape index (κ2) is 1.99. The molecule has 68 valence electrons. The number of aliphatic carboxylic acids is 1. The number of hydrogen-bond acceptors (Lipinski definition) is 2. The zero-order valence-electron chi connectivity index (χ0n) is 6.72. The van der Waals surface area contributed by atoms with Crippen LogP contribution in [-0.2, 0) is 4.79 Å². The highest BCUT2D eigenvalue weighted by Crippen LogP contribution is 2.71. The maximum absolute atomic E-state index is 13.0. The van der Waals surface area contributed by atoms with Crippen LogP contribution in [0.2, 0.25) is 0 Å². The van der Waals surface area contributed by atoms with E-state index in [-0.39, 0.29) is 5.41 Å². The van der Waals surface area contributed by atoms with Crippen LogP contribution in [0.5, 0.6) is 0 Å². The van der Waals surface area contributed by atoms with Crippen molar-refractivity contribution in [2.24, 2.45) is 11.1 Å². The molecule has 3 aliphatic rings. The van der Waals surface area contributed by atoms with E-state index in [1.807, 2.05) is 0 Å². The Morgan fingerprint density at radius 1 is 1.58 bits per heavy atom. The van der Waals surface area contributed by atoms with E-state index in [4.69, 9.17) is 10.8 Å². The van der Waals surface area contributed by atoms with Gasteiger partial charge in [-0.25, -0.2) is 4.39 Å². The summed E-state index contributed by atoms with van der Waals surface area (Å²) in [5.74, 6) is -0.979. The molecular formula is C8H12FNO2. The first-order valence-electron chi connectivity index (χ1n) is 4.12. The molecule has 0 amide bonds. The van der Waals surface area contributed by atoms with Gasteiger partial charge in [0.1, 0.15) is 11.7 Å². The van der Waals surface area contributed by atoms with Crippen molar-refractivity contribution < 1.29 is 14.3 Å². The fourth-order valence-corrected chi connectivity index (χ4v) is 2.63. The molecule has 3 rings (SSSR count). The maximum Gasteiger partial charge on any atom is 0.320 e. The lowest BCUT2D eigenvalue weighted by molar-refractivity contribution is -0.219. The second-order valence-electron chi connectivity index (χ2n) is 4.33. The molecule has 0 aromatic carbocycles. The van der Waals surface area contributed by atoms with Crippen molar-refractivity contribution in [3.8, 4) is 0 Å². The van der Waals surface area contributed by atoms with Gasteiger partial charge in [0.25, 0.3) is 0 Å². The Balaban J connectivity index is 1.86. The molecule has 2 bridgehead atoms. The van der Waals surface area contributed by atoms with Gasteiger partial charge in [0, 0.05) is 0 Å². The fourth-order valence-electron chi connectivity index (χ4n) is 2.63. The Kier molecular flexibility index (Phi) is 1.32. The molecule has 0 spiro atoms. The summed E-state index contributed by atoms with van der Waals surface area (Å²) >= 11 is 0. The number of carboxylic acid groups (broad SMARTS) is 1. The summed E-state index contributed by atoms with van der Waals surface area (Å²) in [6.07, 6.45) is 2.02. The van der Waals surface area contributed by atoms with Crippen molar-refractivity contribution in [1.29, 1.82) is 0 Å². The lowest BCUT2D eigenvalue weighted by Crippen LogP contribution is -2.65. The Bertz CT molecular complexity index is 221. The fraction of sp³-hybridized carbons (Fsp3) is 0.875.